The maximum absolute atomic E-state index is 9.45. The molecule has 6 heteroatoms. The van der Waals surface area contributed by atoms with Crippen molar-refractivity contribution >= 4 is 11.6 Å². The molecule has 5 nitrogen and oxygen atoms in total. The average Bonchev–Trinajstić information content (AvgIpc) is 2.55. The van der Waals surface area contributed by atoms with Gasteiger partial charge in [0.2, 0.25) is 0 Å². The topological polar surface area (TPSA) is 51.2 Å². The summed E-state index contributed by atoms with van der Waals surface area (Å²) >= 11 is 6.39. The lowest BCUT2D eigenvalue weighted by Crippen LogP contribution is -2.46. The predicted molar refractivity (Wildman–Crippen MR) is 85.9 cm³/mol. The van der Waals surface area contributed by atoms with Crippen LogP contribution in [0.5, 0.6) is 11.5 Å². The highest BCUT2D eigenvalue weighted by Crippen LogP contribution is 2.34. The van der Waals surface area contributed by atoms with E-state index in [0.717, 1.165) is 18.5 Å². The molecule has 0 radical (unpaired) electrons. The Morgan fingerprint density at radius 1 is 1.41 bits per heavy atom. The molecule has 1 heterocycles. The standard InChI is InChI=1S/C16H24ClNO4/c1-3-5-22-16-8-14(17)12(7-15(16)20-2)9-18-4-6-21-11-13(18)10-19/h7-8,13,19H,3-6,9-11H2,1-2H3/t13-/m1/s1. The van der Waals surface area contributed by atoms with Gasteiger partial charge in [-0.3, -0.25) is 4.90 Å². The molecule has 0 amide bonds. The molecule has 1 aliphatic heterocycles. The summed E-state index contributed by atoms with van der Waals surface area (Å²) in [4.78, 5) is 2.18. The third-order valence-electron chi connectivity index (χ3n) is 3.73. The first-order valence-corrected chi connectivity index (χ1v) is 7.99. The van der Waals surface area contributed by atoms with Crippen molar-refractivity contribution in [3.05, 3.63) is 22.7 Å². The molecule has 1 fully saturated rings. The Bertz CT molecular complexity index is 483. The van der Waals surface area contributed by atoms with E-state index in [9.17, 15) is 5.11 Å². The van der Waals surface area contributed by atoms with Gasteiger partial charge in [-0.15, -0.1) is 0 Å². The first-order chi connectivity index (χ1) is 10.7. The molecule has 22 heavy (non-hydrogen) atoms. The number of rotatable bonds is 7. The van der Waals surface area contributed by atoms with Gasteiger partial charge in [0.25, 0.3) is 0 Å². The number of ether oxygens (including phenoxy) is 3. The molecular formula is C16H24ClNO4. The van der Waals surface area contributed by atoms with Crippen LogP contribution >= 0.6 is 11.6 Å². The quantitative estimate of drug-likeness (QED) is 0.832. The zero-order chi connectivity index (χ0) is 15.9. The van der Waals surface area contributed by atoms with Gasteiger partial charge in [0.15, 0.2) is 11.5 Å². The lowest BCUT2D eigenvalue weighted by molar-refractivity contribution is -0.0312. The second kappa shape index (κ2) is 8.58. The maximum atomic E-state index is 9.45. The third kappa shape index (κ3) is 4.26. The van der Waals surface area contributed by atoms with E-state index < -0.39 is 0 Å². The van der Waals surface area contributed by atoms with Crippen LogP contribution in [0.3, 0.4) is 0 Å². The number of methoxy groups -OCH3 is 1. The molecule has 0 spiro atoms. The van der Waals surface area contributed by atoms with Gasteiger partial charge in [-0.2, -0.15) is 0 Å². The molecule has 0 aliphatic carbocycles. The summed E-state index contributed by atoms with van der Waals surface area (Å²) in [5.74, 6) is 1.35. The van der Waals surface area contributed by atoms with E-state index in [1.165, 1.54) is 0 Å². The molecule has 1 saturated heterocycles. The molecule has 124 valence electrons. The zero-order valence-corrected chi connectivity index (χ0v) is 13.9. The minimum Gasteiger partial charge on any atom is -0.493 e. The molecule has 0 unspecified atom stereocenters. The molecule has 1 aromatic rings. The van der Waals surface area contributed by atoms with Crippen molar-refractivity contribution in [1.29, 1.82) is 0 Å². The highest BCUT2D eigenvalue weighted by atomic mass is 35.5. The van der Waals surface area contributed by atoms with Gasteiger partial charge >= 0.3 is 0 Å². The van der Waals surface area contributed by atoms with Crippen LogP contribution in [-0.2, 0) is 11.3 Å². The van der Waals surface area contributed by atoms with E-state index in [1.807, 2.05) is 6.07 Å². The third-order valence-corrected chi connectivity index (χ3v) is 4.08. The Morgan fingerprint density at radius 3 is 2.91 bits per heavy atom. The summed E-state index contributed by atoms with van der Waals surface area (Å²) in [6, 6.07) is 3.73. The van der Waals surface area contributed by atoms with E-state index in [0.29, 0.717) is 42.9 Å². The Hall–Kier alpha value is -1.01. The van der Waals surface area contributed by atoms with Gasteiger partial charge in [-0.05, 0) is 18.1 Å². The van der Waals surface area contributed by atoms with Gasteiger partial charge in [-0.1, -0.05) is 18.5 Å². The second-order valence-corrected chi connectivity index (χ2v) is 5.73. The van der Waals surface area contributed by atoms with Crippen molar-refractivity contribution in [2.24, 2.45) is 0 Å². The van der Waals surface area contributed by atoms with Crippen LogP contribution in [-0.4, -0.2) is 56.1 Å². The Morgan fingerprint density at radius 2 is 2.23 bits per heavy atom. The molecule has 1 aromatic carbocycles. The number of aliphatic hydroxyl groups excluding tert-OH is 1. The Balaban J connectivity index is 2.16. The van der Waals surface area contributed by atoms with Crippen molar-refractivity contribution in [3.63, 3.8) is 0 Å². The van der Waals surface area contributed by atoms with Crippen LogP contribution in [0.2, 0.25) is 5.02 Å². The molecule has 1 N–H and O–H groups in total. The highest BCUT2D eigenvalue weighted by Gasteiger charge is 2.23. The molecule has 2 rings (SSSR count). The molecule has 0 bridgehead atoms. The van der Waals surface area contributed by atoms with E-state index in [-0.39, 0.29) is 12.6 Å². The summed E-state index contributed by atoms with van der Waals surface area (Å²) in [6.45, 7) is 5.39. The van der Waals surface area contributed by atoms with Crippen molar-refractivity contribution in [3.8, 4) is 11.5 Å². The first-order valence-electron chi connectivity index (χ1n) is 7.61. The molecular weight excluding hydrogens is 306 g/mol. The lowest BCUT2D eigenvalue weighted by Gasteiger charge is -2.34. The normalized spacial score (nSPS) is 19.2. The monoisotopic (exact) mass is 329 g/mol. The van der Waals surface area contributed by atoms with Crippen LogP contribution in [0.15, 0.2) is 12.1 Å². The van der Waals surface area contributed by atoms with Gasteiger partial charge in [-0.25, -0.2) is 0 Å². The van der Waals surface area contributed by atoms with Crippen LogP contribution in [0, 0.1) is 0 Å². The average molecular weight is 330 g/mol. The van der Waals surface area contributed by atoms with Crippen molar-refractivity contribution in [1.82, 2.24) is 4.90 Å². The van der Waals surface area contributed by atoms with E-state index in [1.54, 1.807) is 13.2 Å². The fourth-order valence-electron chi connectivity index (χ4n) is 2.47. The fraction of sp³-hybridized carbons (Fsp3) is 0.625. The van der Waals surface area contributed by atoms with Crippen molar-refractivity contribution < 1.29 is 19.3 Å². The summed E-state index contributed by atoms with van der Waals surface area (Å²) in [7, 11) is 1.62. The van der Waals surface area contributed by atoms with E-state index >= 15 is 0 Å². The van der Waals surface area contributed by atoms with Gasteiger partial charge in [0.05, 0.1) is 39.6 Å². The molecule has 0 saturated carbocycles. The summed E-state index contributed by atoms with van der Waals surface area (Å²) in [5, 5.41) is 10.1. The predicted octanol–water partition coefficient (Wildman–Crippen LogP) is 2.33. The smallest absolute Gasteiger partial charge is 0.162 e. The number of hydrogen-bond acceptors (Lipinski definition) is 5. The van der Waals surface area contributed by atoms with Crippen LogP contribution in [0.25, 0.3) is 0 Å². The first kappa shape index (κ1) is 17.3. The fourth-order valence-corrected chi connectivity index (χ4v) is 2.68. The second-order valence-electron chi connectivity index (χ2n) is 5.32. The number of aliphatic hydroxyl groups is 1. The van der Waals surface area contributed by atoms with Crippen LogP contribution in [0.4, 0.5) is 0 Å². The summed E-state index contributed by atoms with van der Waals surface area (Å²) in [5.41, 5.74) is 0.961. The van der Waals surface area contributed by atoms with Gasteiger partial charge < -0.3 is 19.3 Å². The Kier molecular flexibility index (Phi) is 6.76. The zero-order valence-electron chi connectivity index (χ0n) is 13.2. The van der Waals surface area contributed by atoms with Gasteiger partial charge in [0, 0.05) is 24.2 Å². The number of halogens is 1. The number of hydrogen-bond donors (Lipinski definition) is 1. The minimum atomic E-state index is 0.00632. The van der Waals surface area contributed by atoms with Crippen LogP contribution < -0.4 is 9.47 Å². The minimum absolute atomic E-state index is 0.00632. The van der Waals surface area contributed by atoms with Gasteiger partial charge in [0.1, 0.15) is 0 Å². The SMILES string of the molecule is CCCOc1cc(Cl)c(CN2CCOC[C@H]2CO)cc1OC. The summed E-state index contributed by atoms with van der Waals surface area (Å²) in [6.07, 6.45) is 0.925. The largest absolute Gasteiger partial charge is 0.493 e. The van der Waals surface area contributed by atoms with Crippen molar-refractivity contribution in [2.75, 3.05) is 40.1 Å². The number of benzene rings is 1. The lowest BCUT2D eigenvalue weighted by atomic mass is 10.1. The van der Waals surface area contributed by atoms with E-state index in [2.05, 4.69) is 11.8 Å². The summed E-state index contributed by atoms with van der Waals surface area (Å²) < 4.78 is 16.5. The number of nitrogens with zero attached hydrogens (tertiary/aromatic N) is 1. The Labute approximate surface area is 136 Å². The highest BCUT2D eigenvalue weighted by molar-refractivity contribution is 6.31. The van der Waals surface area contributed by atoms with Crippen LogP contribution in [0.1, 0.15) is 18.9 Å². The molecule has 1 aliphatic rings. The van der Waals surface area contributed by atoms with Crippen molar-refractivity contribution in [2.45, 2.75) is 25.9 Å². The molecule has 0 aromatic heterocycles. The molecule has 1 atom stereocenters. The van der Waals surface area contributed by atoms with E-state index in [4.69, 9.17) is 25.8 Å². The number of morpholine rings is 1. The maximum Gasteiger partial charge on any atom is 0.162 e.